The number of esters is 4. The fourth-order valence-corrected chi connectivity index (χ4v) is 14.5. The summed E-state index contributed by atoms with van der Waals surface area (Å²) in [5, 5.41) is 10.6. The molecular weight excluding hydrogens is 1330 g/mol. The van der Waals surface area contributed by atoms with Crippen molar-refractivity contribution in [1.82, 2.24) is 0 Å². The summed E-state index contributed by atoms with van der Waals surface area (Å²) >= 11 is 0. The largest absolute Gasteiger partial charge is 0.472 e. The van der Waals surface area contributed by atoms with Gasteiger partial charge in [0.1, 0.15) is 19.3 Å². The van der Waals surface area contributed by atoms with Gasteiger partial charge in [-0.3, -0.25) is 37.3 Å². The predicted octanol–water partition coefficient (Wildman–Crippen LogP) is 25.1. The van der Waals surface area contributed by atoms with E-state index in [2.05, 4.69) is 41.5 Å². The Morgan fingerprint density at radius 2 is 0.451 bits per heavy atom. The van der Waals surface area contributed by atoms with Gasteiger partial charge < -0.3 is 33.8 Å². The molecule has 0 heterocycles. The zero-order valence-corrected chi connectivity index (χ0v) is 68.7. The molecule has 0 aliphatic carbocycles. The quantitative estimate of drug-likeness (QED) is 0.0222. The Morgan fingerprint density at radius 1 is 0.265 bits per heavy atom. The fourth-order valence-electron chi connectivity index (χ4n) is 12.9. The smallest absolute Gasteiger partial charge is 0.462 e. The molecule has 5 atom stereocenters. The Labute approximate surface area is 626 Å². The van der Waals surface area contributed by atoms with Crippen LogP contribution in [0.2, 0.25) is 0 Å². The van der Waals surface area contributed by atoms with Crippen molar-refractivity contribution in [3.05, 3.63) is 0 Å². The van der Waals surface area contributed by atoms with Gasteiger partial charge in [-0.05, 0) is 37.5 Å². The second-order valence-corrected chi connectivity index (χ2v) is 33.7. The SMILES string of the molecule is CCCCCCCCCCCCCCCCCCCCCCCC(=O)O[C@H](COC(=O)CCCCCCCCCCCCCCCCCCC(C)C)COP(=O)(O)OC[C@@H](O)COP(=O)(O)OC[C@@H](COC(=O)CCCCCCCCCC(C)C)OC(=O)CCCCCCCCCCCCCC. The highest BCUT2D eigenvalue weighted by atomic mass is 31.2. The van der Waals surface area contributed by atoms with Crippen molar-refractivity contribution in [1.29, 1.82) is 0 Å². The highest BCUT2D eigenvalue weighted by molar-refractivity contribution is 7.47. The molecular formula is C83H162O17P2. The van der Waals surface area contributed by atoms with Crippen LogP contribution in [0.25, 0.3) is 0 Å². The predicted molar refractivity (Wildman–Crippen MR) is 418 cm³/mol. The van der Waals surface area contributed by atoms with Gasteiger partial charge in [-0.25, -0.2) is 9.13 Å². The first-order valence-corrected chi connectivity index (χ1v) is 46.0. The lowest BCUT2D eigenvalue weighted by Crippen LogP contribution is -2.30. The van der Waals surface area contributed by atoms with E-state index in [1.165, 1.54) is 250 Å². The molecule has 17 nitrogen and oxygen atoms in total. The van der Waals surface area contributed by atoms with E-state index in [1.54, 1.807) is 0 Å². The molecule has 0 bridgehead atoms. The van der Waals surface area contributed by atoms with Crippen molar-refractivity contribution < 1.29 is 80.2 Å². The van der Waals surface area contributed by atoms with Crippen LogP contribution in [-0.4, -0.2) is 96.7 Å². The van der Waals surface area contributed by atoms with E-state index in [1.807, 2.05) is 0 Å². The summed E-state index contributed by atoms with van der Waals surface area (Å²) in [6.07, 6.45) is 65.4. The van der Waals surface area contributed by atoms with Crippen molar-refractivity contribution in [2.24, 2.45) is 11.8 Å². The number of aliphatic hydroxyl groups excluding tert-OH is 1. The number of carbonyl (C=O) groups is 4. The van der Waals surface area contributed by atoms with Crippen LogP contribution in [0.4, 0.5) is 0 Å². The van der Waals surface area contributed by atoms with Crippen molar-refractivity contribution in [3.8, 4) is 0 Å². The maximum Gasteiger partial charge on any atom is 0.472 e. The zero-order chi connectivity index (χ0) is 74.9. The van der Waals surface area contributed by atoms with E-state index >= 15 is 0 Å². The van der Waals surface area contributed by atoms with Crippen molar-refractivity contribution in [2.75, 3.05) is 39.6 Å². The summed E-state index contributed by atoms with van der Waals surface area (Å²) in [5.41, 5.74) is 0. The first kappa shape index (κ1) is 100. The van der Waals surface area contributed by atoms with E-state index in [0.29, 0.717) is 31.6 Å². The molecule has 102 heavy (non-hydrogen) atoms. The molecule has 0 spiro atoms. The number of ether oxygens (including phenoxy) is 4. The van der Waals surface area contributed by atoms with Crippen molar-refractivity contribution in [3.63, 3.8) is 0 Å². The lowest BCUT2D eigenvalue weighted by Gasteiger charge is -2.21. The summed E-state index contributed by atoms with van der Waals surface area (Å²) in [5.74, 6) is -0.590. The molecule has 0 saturated heterocycles. The Hall–Kier alpha value is -1.94. The molecule has 0 aliphatic rings. The normalized spacial score (nSPS) is 13.9. The molecule has 0 aromatic rings. The van der Waals surface area contributed by atoms with Crippen molar-refractivity contribution in [2.45, 2.75) is 458 Å². The van der Waals surface area contributed by atoms with Crippen LogP contribution >= 0.6 is 15.6 Å². The van der Waals surface area contributed by atoms with Gasteiger partial charge in [0.25, 0.3) is 0 Å². The maximum atomic E-state index is 13.1. The average Bonchev–Trinajstić information content (AvgIpc) is 0.933. The third-order valence-electron chi connectivity index (χ3n) is 19.5. The lowest BCUT2D eigenvalue weighted by atomic mass is 10.0. The van der Waals surface area contributed by atoms with Gasteiger partial charge in [0.2, 0.25) is 0 Å². The Balaban J connectivity index is 5.21. The topological polar surface area (TPSA) is 237 Å². The third-order valence-corrected chi connectivity index (χ3v) is 21.4. The third kappa shape index (κ3) is 76.3. The lowest BCUT2D eigenvalue weighted by molar-refractivity contribution is -0.161. The molecule has 0 saturated carbocycles. The van der Waals surface area contributed by atoms with Crippen LogP contribution in [-0.2, 0) is 65.4 Å². The molecule has 0 radical (unpaired) electrons. The zero-order valence-electron chi connectivity index (χ0n) is 66.9. The average molecular weight is 1490 g/mol. The molecule has 2 unspecified atom stereocenters. The number of hydrogen-bond donors (Lipinski definition) is 3. The first-order chi connectivity index (χ1) is 49.4. The summed E-state index contributed by atoms with van der Waals surface area (Å²) in [6.45, 7) is 9.62. The number of phosphoric acid groups is 2. The molecule has 0 rings (SSSR count). The molecule has 0 aromatic carbocycles. The van der Waals surface area contributed by atoms with Gasteiger partial charge in [0.15, 0.2) is 12.2 Å². The second kappa shape index (κ2) is 74.5. The van der Waals surface area contributed by atoms with Crippen LogP contribution in [0.1, 0.15) is 440 Å². The number of phosphoric ester groups is 2. The van der Waals surface area contributed by atoms with Crippen LogP contribution in [0.15, 0.2) is 0 Å². The molecule has 0 fully saturated rings. The minimum Gasteiger partial charge on any atom is -0.462 e. The molecule has 0 aromatic heterocycles. The van der Waals surface area contributed by atoms with Crippen LogP contribution in [0.3, 0.4) is 0 Å². The van der Waals surface area contributed by atoms with Gasteiger partial charge >= 0.3 is 39.5 Å². The standard InChI is InChI=1S/C83H162O17P2/c1-7-9-11-13-15-17-19-21-22-23-24-25-26-27-32-35-39-43-49-56-62-68-83(88)99-78(71-93-80(85)65-59-53-47-41-38-34-31-29-28-30-33-36-40-45-51-57-63-75(3)4)73-97-101(89,90)95-69-77(84)70-96-102(91,92)98-74-79(72-94-81(86)66-60-54-50-44-46-52-58-64-76(5)6)100-82(87)67-61-55-48-42-37-20-18-16-14-12-10-8-2/h75-79,84H,7-74H2,1-6H3,(H,89,90)(H,91,92)/t77-,78-,79-/m1/s1. The molecule has 19 heteroatoms. The number of aliphatic hydroxyl groups is 1. The maximum absolute atomic E-state index is 13.1. The Bertz CT molecular complexity index is 1960. The van der Waals surface area contributed by atoms with E-state index < -0.39 is 97.5 Å². The summed E-state index contributed by atoms with van der Waals surface area (Å²) in [4.78, 5) is 73.0. The van der Waals surface area contributed by atoms with Gasteiger partial charge in [0, 0.05) is 25.7 Å². The van der Waals surface area contributed by atoms with Crippen LogP contribution < -0.4 is 0 Å². The highest BCUT2D eigenvalue weighted by Gasteiger charge is 2.30. The summed E-state index contributed by atoms with van der Waals surface area (Å²) in [7, 11) is -9.92. The molecule has 3 N–H and O–H groups in total. The summed E-state index contributed by atoms with van der Waals surface area (Å²) < 4.78 is 68.7. The molecule has 0 aliphatic heterocycles. The number of rotatable bonds is 82. The Morgan fingerprint density at radius 3 is 0.667 bits per heavy atom. The van der Waals surface area contributed by atoms with Gasteiger partial charge in [0.05, 0.1) is 26.4 Å². The minimum absolute atomic E-state index is 0.107. The fraction of sp³-hybridized carbons (Fsp3) is 0.952. The van der Waals surface area contributed by atoms with Gasteiger partial charge in [-0.2, -0.15) is 0 Å². The molecule has 0 amide bonds. The monoisotopic (exact) mass is 1490 g/mol. The van der Waals surface area contributed by atoms with Crippen molar-refractivity contribution >= 4 is 39.5 Å². The van der Waals surface area contributed by atoms with Crippen LogP contribution in [0.5, 0.6) is 0 Å². The van der Waals surface area contributed by atoms with E-state index in [4.69, 9.17) is 37.0 Å². The van der Waals surface area contributed by atoms with Gasteiger partial charge in [-0.1, -0.05) is 388 Å². The number of carbonyl (C=O) groups excluding carboxylic acids is 4. The Kier molecular flexibility index (Phi) is 73.1. The minimum atomic E-state index is -4.96. The van der Waals surface area contributed by atoms with E-state index in [9.17, 15) is 43.2 Å². The van der Waals surface area contributed by atoms with E-state index in [-0.39, 0.29) is 25.7 Å². The molecule has 606 valence electrons. The van der Waals surface area contributed by atoms with E-state index in [0.717, 1.165) is 102 Å². The van der Waals surface area contributed by atoms with Crippen LogP contribution in [0, 0.1) is 11.8 Å². The van der Waals surface area contributed by atoms with Gasteiger partial charge in [-0.15, -0.1) is 0 Å². The summed E-state index contributed by atoms with van der Waals surface area (Å²) in [6, 6.07) is 0. The first-order valence-electron chi connectivity index (χ1n) is 43.0. The highest BCUT2D eigenvalue weighted by Crippen LogP contribution is 2.45. The second-order valence-electron chi connectivity index (χ2n) is 30.8. The number of hydrogen-bond acceptors (Lipinski definition) is 15. The number of unbranched alkanes of at least 4 members (excludes halogenated alkanes) is 52.